The first kappa shape index (κ1) is 23.5. The number of anilines is 1. The van der Waals surface area contributed by atoms with Crippen molar-refractivity contribution >= 4 is 11.7 Å². The highest BCUT2D eigenvalue weighted by Gasteiger charge is 2.21. The molecule has 3 aromatic rings. The van der Waals surface area contributed by atoms with E-state index in [-0.39, 0.29) is 6.42 Å². The molecule has 0 saturated carbocycles. The molecule has 5 rings (SSSR count). The molecule has 1 unspecified atom stereocenters. The maximum absolute atomic E-state index is 11.7. The van der Waals surface area contributed by atoms with E-state index in [4.69, 9.17) is 14.8 Å². The summed E-state index contributed by atoms with van der Waals surface area (Å²) in [7, 11) is 0. The van der Waals surface area contributed by atoms with Crippen LogP contribution in [-0.4, -0.2) is 57.1 Å². The molecule has 1 N–H and O–H groups in total. The number of aryl methyl sites for hydroxylation is 4. The molecule has 1 saturated heterocycles. The van der Waals surface area contributed by atoms with Gasteiger partial charge in [0.05, 0.1) is 43.3 Å². The van der Waals surface area contributed by atoms with Gasteiger partial charge in [-0.05, 0) is 74.3 Å². The average molecular weight is 476 g/mol. The molecule has 8 heteroatoms. The molecular weight excluding hydrogens is 442 g/mol. The molecule has 8 nitrogen and oxygen atoms in total. The van der Waals surface area contributed by atoms with E-state index < -0.39 is 12.0 Å². The second-order valence-corrected chi connectivity index (χ2v) is 9.45. The van der Waals surface area contributed by atoms with Crippen molar-refractivity contribution in [1.29, 1.82) is 0 Å². The lowest BCUT2D eigenvalue weighted by Gasteiger charge is -2.29. The number of pyridine rings is 2. The molecule has 0 spiro atoms. The Balaban J connectivity index is 1.25. The number of hydrogen-bond acceptors (Lipinski definition) is 6. The van der Waals surface area contributed by atoms with Crippen molar-refractivity contribution in [2.24, 2.45) is 0 Å². The van der Waals surface area contributed by atoms with Gasteiger partial charge in [-0.25, -0.2) is 0 Å². The van der Waals surface area contributed by atoms with Gasteiger partial charge in [-0.1, -0.05) is 6.07 Å². The Hall–Kier alpha value is -3.26. The SMILES string of the molecule is O=C(O)CC(c1cncc(N2CCOCC2)c1)n1ccc(CCCc2ccc3c(n2)CCCC3)n1. The van der Waals surface area contributed by atoms with Crippen LogP contribution in [0.4, 0.5) is 5.69 Å². The van der Waals surface area contributed by atoms with Gasteiger partial charge in [0.25, 0.3) is 0 Å². The number of carboxylic acid groups (broad SMARTS) is 1. The number of rotatable bonds is 9. The van der Waals surface area contributed by atoms with Gasteiger partial charge in [-0.2, -0.15) is 5.10 Å². The van der Waals surface area contributed by atoms with Gasteiger partial charge in [0.15, 0.2) is 0 Å². The molecule has 1 atom stereocenters. The first-order valence-electron chi connectivity index (χ1n) is 12.7. The summed E-state index contributed by atoms with van der Waals surface area (Å²) >= 11 is 0. The van der Waals surface area contributed by atoms with E-state index in [0.717, 1.165) is 67.8 Å². The second kappa shape index (κ2) is 11.0. The van der Waals surface area contributed by atoms with E-state index in [9.17, 15) is 9.90 Å². The van der Waals surface area contributed by atoms with Gasteiger partial charge in [-0.3, -0.25) is 19.4 Å². The Morgan fingerprint density at radius 2 is 1.89 bits per heavy atom. The molecule has 0 aromatic carbocycles. The average Bonchev–Trinajstić information content (AvgIpc) is 3.36. The molecule has 0 bridgehead atoms. The summed E-state index contributed by atoms with van der Waals surface area (Å²) in [5.74, 6) is -0.859. The van der Waals surface area contributed by atoms with Gasteiger partial charge in [0.2, 0.25) is 0 Å². The van der Waals surface area contributed by atoms with Crippen LogP contribution in [-0.2, 0) is 35.2 Å². The predicted octanol–water partition coefficient (Wildman–Crippen LogP) is 3.63. The number of carbonyl (C=O) groups is 1. The van der Waals surface area contributed by atoms with Gasteiger partial charge in [0, 0.05) is 36.9 Å². The van der Waals surface area contributed by atoms with E-state index >= 15 is 0 Å². The molecule has 184 valence electrons. The fourth-order valence-electron chi connectivity index (χ4n) is 5.05. The zero-order valence-electron chi connectivity index (χ0n) is 20.1. The molecule has 2 aliphatic rings. The van der Waals surface area contributed by atoms with Gasteiger partial charge in [-0.15, -0.1) is 0 Å². The minimum Gasteiger partial charge on any atom is -0.481 e. The van der Waals surface area contributed by atoms with Gasteiger partial charge < -0.3 is 14.7 Å². The van der Waals surface area contributed by atoms with Crippen LogP contribution < -0.4 is 4.90 Å². The van der Waals surface area contributed by atoms with Crippen molar-refractivity contribution in [3.8, 4) is 0 Å². The number of aromatic nitrogens is 4. The van der Waals surface area contributed by atoms with Crippen LogP contribution in [0.3, 0.4) is 0 Å². The van der Waals surface area contributed by atoms with Crippen molar-refractivity contribution in [3.63, 3.8) is 0 Å². The fourth-order valence-corrected chi connectivity index (χ4v) is 5.05. The largest absolute Gasteiger partial charge is 0.481 e. The predicted molar refractivity (Wildman–Crippen MR) is 133 cm³/mol. The Morgan fingerprint density at radius 1 is 1.06 bits per heavy atom. The summed E-state index contributed by atoms with van der Waals surface area (Å²) in [6.07, 6.45) is 12.9. The molecular formula is C27H33N5O3. The minimum atomic E-state index is -0.859. The van der Waals surface area contributed by atoms with Crippen molar-refractivity contribution in [3.05, 3.63) is 71.1 Å². The normalized spacial score (nSPS) is 16.6. The van der Waals surface area contributed by atoms with Crippen molar-refractivity contribution in [2.75, 3.05) is 31.2 Å². The molecule has 4 heterocycles. The Labute approximate surface area is 206 Å². The van der Waals surface area contributed by atoms with Crippen LogP contribution in [0.1, 0.15) is 59.9 Å². The number of hydrogen-bond donors (Lipinski definition) is 1. The lowest BCUT2D eigenvalue weighted by atomic mass is 9.95. The summed E-state index contributed by atoms with van der Waals surface area (Å²) in [4.78, 5) is 23.2. The number of nitrogens with zero attached hydrogens (tertiary/aromatic N) is 5. The van der Waals surface area contributed by atoms with E-state index in [1.807, 2.05) is 24.5 Å². The van der Waals surface area contributed by atoms with E-state index in [1.54, 1.807) is 10.9 Å². The van der Waals surface area contributed by atoms with Crippen LogP contribution in [0, 0.1) is 0 Å². The van der Waals surface area contributed by atoms with Crippen molar-refractivity contribution in [1.82, 2.24) is 19.7 Å². The molecule has 1 aliphatic carbocycles. The maximum Gasteiger partial charge on any atom is 0.305 e. The number of fused-ring (bicyclic) bond motifs is 1. The summed E-state index contributed by atoms with van der Waals surface area (Å²) in [6, 6.07) is 8.04. The molecule has 0 radical (unpaired) electrons. The summed E-state index contributed by atoms with van der Waals surface area (Å²) in [5.41, 5.74) is 6.66. The van der Waals surface area contributed by atoms with Crippen LogP contribution in [0.15, 0.2) is 42.9 Å². The van der Waals surface area contributed by atoms with Gasteiger partial charge in [0.1, 0.15) is 0 Å². The van der Waals surface area contributed by atoms with Crippen LogP contribution >= 0.6 is 0 Å². The standard InChI is InChI=1S/C27H33N5O3/c33-27(34)17-26(21-16-24(19-28-18-21)31-12-14-35-15-13-31)32-11-10-23(30-32)6-3-5-22-9-8-20-4-1-2-7-25(20)29-22/h8-11,16,18-19,26H,1-7,12-15,17H2,(H,33,34). The highest BCUT2D eigenvalue weighted by atomic mass is 16.5. The smallest absolute Gasteiger partial charge is 0.305 e. The Bertz CT molecular complexity index is 1160. The molecule has 1 aliphatic heterocycles. The Morgan fingerprint density at radius 3 is 2.74 bits per heavy atom. The zero-order chi connectivity index (χ0) is 24.0. The van der Waals surface area contributed by atoms with Gasteiger partial charge >= 0.3 is 5.97 Å². The van der Waals surface area contributed by atoms with E-state index in [2.05, 4.69) is 22.0 Å². The first-order valence-corrected chi connectivity index (χ1v) is 12.7. The van der Waals surface area contributed by atoms with Crippen molar-refractivity contribution < 1.29 is 14.6 Å². The van der Waals surface area contributed by atoms with Crippen LogP contribution in [0.2, 0.25) is 0 Å². The summed E-state index contributed by atoms with van der Waals surface area (Å²) in [6.45, 7) is 2.98. The van der Waals surface area contributed by atoms with Crippen LogP contribution in [0.25, 0.3) is 0 Å². The van der Waals surface area contributed by atoms with Crippen LogP contribution in [0.5, 0.6) is 0 Å². The highest BCUT2D eigenvalue weighted by molar-refractivity contribution is 5.68. The van der Waals surface area contributed by atoms with E-state index in [1.165, 1.54) is 24.1 Å². The monoisotopic (exact) mass is 475 g/mol. The number of carboxylic acids is 1. The zero-order valence-corrected chi connectivity index (χ0v) is 20.1. The second-order valence-electron chi connectivity index (χ2n) is 9.45. The number of morpholine rings is 1. The first-order chi connectivity index (χ1) is 17.2. The third-order valence-electron chi connectivity index (χ3n) is 6.96. The Kier molecular flexibility index (Phi) is 7.37. The van der Waals surface area contributed by atoms with E-state index in [0.29, 0.717) is 13.2 Å². The van der Waals surface area contributed by atoms with Crippen molar-refractivity contribution in [2.45, 2.75) is 57.4 Å². The molecule has 0 amide bonds. The lowest BCUT2D eigenvalue weighted by Crippen LogP contribution is -2.36. The minimum absolute atomic E-state index is 0.0472. The third kappa shape index (κ3) is 5.88. The summed E-state index contributed by atoms with van der Waals surface area (Å²) in [5, 5.41) is 14.3. The molecule has 1 fully saturated rings. The topological polar surface area (TPSA) is 93.4 Å². The molecule has 35 heavy (non-hydrogen) atoms. The number of aliphatic carboxylic acids is 1. The quantitative estimate of drug-likeness (QED) is 0.505. The fraction of sp³-hybridized carbons (Fsp3) is 0.481. The maximum atomic E-state index is 11.7. The highest BCUT2D eigenvalue weighted by Crippen LogP contribution is 2.26. The molecule has 3 aromatic heterocycles. The lowest BCUT2D eigenvalue weighted by molar-refractivity contribution is -0.137. The third-order valence-corrected chi connectivity index (χ3v) is 6.96. The number of ether oxygens (including phenoxy) is 1. The summed E-state index contributed by atoms with van der Waals surface area (Å²) < 4.78 is 7.23.